The Hall–Kier alpha value is -3.16. The molecular formula is C22H23ClN4O3. The zero-order valence-corrected chi connectivity index (χ0v) is 17.7. The van der Waals surface area contributed by atoms with Gasteiger partial charge in [-0.05, 0) is 42.3 Å². The number of carbonyl (C=O) groups excluding carboxylic acids is 2. The van der Waals surface area contributed by atoms with Crippen LogP contribution in [-0.2, 0) is 9.53 Å². The number of hydrogen-bond acceptors (Lipinski definition) is 4. The fourth-order valence-electron chi connectivity index (χ4n) is 3.10. The van der Waals surface area contributed by atoms with E-state index in [4.69, 9.17) is 16.3 Å². The summed E-state index contributed by atoms with van der Waals surface area (Å²) in [4.78, 5) is 24.7. The predicted molar refractivity (Wildman–Crippen MR) is 118 cm³/mol. The third-order valence-corrected chi connectivity index (χ3v) is 4.57. The van der Waals surface area contributed by atoms with Crippen LogP contribution in [0.25, 0.3) is 5.69 Å². The normalized spacial score (nSPS) is 10.8. The third-order valence-electron chi connectivity index (χ3n) is 4.33. The van der Waals surface area contributed by atoms with Gasteiger partial charge >= 0.3 is 0 Å². The van der Waals surface area contributed by atoms with Gasteiger partial charge in [0.15, 0.2) is 0 Å². The quantitative estimate of drug-likeness (QED) is 0.583. The number of carbonyl (C=O) groups is 2. The molecule has 0 bridgehead atoms. The van der Waals surface area contributed by atoms with Crippen molar-refractivity contribution in [2.24, 2.45) is 0 Å². The summed E-state index contributed by atoms with van der Waals surface area (Å²) in [5.74, 6) is -0.509. The fraction of sp³-hybridized carbons (Fsp3) is 0.227. The molecule has 2 amide bonds. The molecule has 0 fully saturated rings. The molecule has 0 radical (unpaired) electrons. The van der Waals surface area contributed by atoms with Gasteiger partial charge in [0.25, 0.3) is 5.91 Å². The second-order valence-corrected chi connectivity index (χ2v) is 7.44. The van der Waals surface area contributed by atoms with Gasteiger partial charge in [0.05, 0.1) is 23.1 Å². The number of methoxy groups -OCH3 is 1. The van der Waals surface area contributed by atoms with Crippen LogP contribution in [0.5, 0.6) is 0 Å². The van der Waals surface area contributed by atoms with Crippen molar-refractivity contribution in [3.63, 3.8) is 0 Å². The van der Waals surface area contributed by atoms with Crippen LogP contribution in [0.2, 0.25) is 5.02 Å². The van der Waals surface area contributed by atoms with Gasteiger partial charge in [-0.1, -0.05) is 37.6 Å². The number of rotatable bonds is 7. The average Bonchev–Trinajstić information content (AvgIpc) is 3.14. The van der Waals surface area contributed by atoms with E-state index in [-0.39, 0.29) is 24.3 Å². The summed E-state index contributed by atoms with van der Waals surface area (Å²) in [6.45, 7) is 3.96. The Balaban J connectivity index is 1.85. The zero-order valence-electron chi connectivity index (χ0n) is 17.0. The average molecular weight is 427 g/mol. The Labute approximate surface area is 180 Å². The fourth-order valence-corrected chi connectivity index (χ4v) is 3.29. The van der Waals surface area contributed by atoms with Gasteiger partial charge in [-0.15, -0.1) is 0 Å². The number of hydrogen-bond donors (Lipinski definition) is 2. The maximum Gasteiger partial charge on any atom is 0.259 e. The summed E-state index contributed by atoms with van der Waals surface area (Å²) in [6, 6.07) is 14.2. The van der Waals surface area contributed by atoms with Gasteiger partial charge in [0.1, 0.15) is 6.61 Å². The lowest BCUT2D eigenvalue weighted by molar-refractivity contribution is -0.119. The number of nitrogens with one attached hydrogen (secondary N) is 2. The zero-order chi connectivity index (χ0) is 21.7. The first kappa shape index (κ1) is 21.5. The van der Waals surface area contributed by atoms with E-state index in [9.17, 15) is 9.59 Å². The van der Waals surface area contributed by atoms with Crippen molar-refractivity contribution in [1.82, 2.24) is 9.78 Å². The van der Waals surface area contributed by atoms with Crippen LogP contribution in [0.15, 0.2) is 54.7 Å². The van der Waals surface area contributed by atoms with Gasteiger partial charge in [-0.25, -0.2) is 4.68 Å². The van der Waals surface area contributed by atoms with Crippen LogP contribution in [0.1, 0.15) is 35.8 Å². The van der Waals surface area contributed by atoms with Crippen LogP contribution in [0.4, 0.5) is 11.4 Å². The Morgan fingerprint density at radius 3 is 2.47 bits per heavy atom. The second-order valence-electron chi connectivity index (χ2n) is 7.01. The standard InChI is InChI=1S/C22H23ClN4O3/c1-14(2)21-19(12-24-27(21)18-9-4-6-15(23)10-18)22(29)26-17-8-5-7-16(11-17)25-20(28)13-30-3/h4-12,14H,13H2,1-3H3,(H,25,28)(H,26,29). The van der Waals surface area contributed by atoms with E-state index < -0.39 is 0 Å². The molecule has 30 heavy (non-hydrogen) atoms. The maximum absolute atomic E-state index is 13.0. The van der Waals surface area contributed by atoms with Crippen LogP contribution < -0.4 is 10.6 Å². The molecule has 8 heteroatoms. The molecule has 2 N–H and O–H groups in total. The van der Waals surface area contributed by atoms with Crippen molar-refractivity contribution in [2.75, 3.05) is 24.4 Å². The number of aromatic nitrogens is 2. The molecule has 0 spiro atoms. The highest BCUT2D eigenvalue weighted by molar-refractivity contribution is 6.30. The van der Waals surface area contributed by atoms with Crippen LogP contribution in [0, 0.1) is 0 Å². The Morgan fingerprint density at radius 2 is 1.80 bits per heavy atom. The van der Waals surface area contributed by atoms with E-state index in [0.717, 1.165) is 11.4 Å². The number of halogens is 1. The van der Waals surface area contributed by atoms with Crippen LogP contribution >= 0.6 is 11.6 Å². The van der Waals surface area contributed by atoms with Gasteiger partial charge < -0.3 is 15.4 Å². The van der Waals surface area contributed by atoms with Crippen molar-refractivity contribution < 1.29 is 14.3 Å². The van der Waals surface area contributed by atoms with E-state index in [1.807, 2.05) is 26.0 Å². The number of nitrogens with zero attached hydrogens (tertiary/aromatic N) is 2. The monoisotopic (exact) mass is 426 g/mol. The molecule has 156 valence electrons. The van der Waals surface area contributed by atoms with Crippen molar-refractivity contribution >= 4 is 34.8 Å². The minimum absolute atomic E-state index is 0.0446. The molecule has 3 rings (SSSR count). The van der Waals surface area contributed by atoms with E-state index in [2.05, 4.69) is 15.7 Å². The maximum atomic E-state index is 13.0. The first-order valence-corrected chi connectivity index (χ1v) is 9.81. The summed E-state index contributed by atoms with van der Waals surface area (Å²) < 4.78 is 6.54. The summed E-state index contributed by atoms with van der Waals surface area (Å²) in [5.41, 5.74) is 3.15. The molecule has 0 aliphatic heterocycles. The van der Waals surface area contributed by atoms with E-state index >= 15 is 0 Å². The molecular weight excluding hydrogens is 404 g/mol. The molecule has 0 saturated carbocycles. The smallest absolute Gasteiger partial charge is 0.259 e. The molecule has 1 aromatic heterocycles. The van der Waals surface area contributed by atoms with Gasteiger partial charge in [-0.2, -0.15) is 5.10 Å². The number of benzene rings is 2. The molecule has 7 nitrogen and oxygen atoms in total. The molecule has 0 aliphatic rings. The summed E-state index contributed by atoms with van der Waals surface area (Å²) in [6.07, 6.45) is 1.55. The van der Waals surface area contributed by atoms with Gasteiger partial charge in [0, 0.05) is 23.5 Å². The van der Waals surface area contributed by atoms with Crippen molar-refractivity contribution in [3.8, 4) is 5.69 Å². The predicted octanol–water partition coefficient (Wildman–Crippen LogP) is 4.49. The SMILES string of the molecule is COCC(=O)Nc1cccc(NC(=O)c2cnn(-c3cccc(Cl)c3)c2C(C)C)c1. The van der Waals surface area contributed by atoms with Gasteiger partial charge in [0.2, 0.25) is 5.91 Å². The Bertz CT molecular complexity index is 1060. The lowest BCUT2D eigenvalue weighted by Crippen LogP contribution is -2.18. The van der Waals surface area contributed by atoms with Crippen molar-refractivity contribution in [1.29, 1.82) is 0 Å². The number of anilines is 2. The van der Waals surface area contributed by atoms with E-state index in [1.165, 1.54) is 7.11 Å². The molecule has 0 unspecified atom stereocenters. The third kappa shape index (κ3) is 5.06. The molecule has 1 heterocycles. The number of amides is 2. The molecule has 0 saturated heterocycles. The first-order chi connectivity index (χ1) is 14.4. The lowest BCUT2D eigenvalue weighted by atomic mass is 10.0. The molecule has 0 aliphatic carbocycles. The minimum Gasteiger partial charge on any atom is -0.375 e. The lowest BCUT2D eigenvalue weighted by Gasteiger charge is -2.13. The highest BCUT2D eigenvalue weighted by Crippen LogP contribution is 2.25. The molecule has 3 aromatic rings. The molecule has 0 atom stereocenters. The minimum atomic E-state index is -0.285. The summed E-state index contributed by atoms with van der Waals surface area (Å²) in [7, 11) is 1.45. The Kier molecular flexibility index (Phi) is 6.87. The topological polar surface area (TPSA) is 85.2 Å². The van der Waals surface area contributed by atoms with Crippen LogP contribution in [0.3, 0.4) is 0 Å². The van der Waals surface area contributed by atoms with Crippen LogP contribution in [-0.4, -0.2) is 35.3 Å². The van der Waals surface area contributed by atoms with Crippen molar-refractivity contribution in [3.05, 3.63) is 71.0 Å². The largest absolute Gasteiger partial charge is 0.375 e. The molecule has 2 aromatic carbocycles. The number of ether oxygens (including phenoxy) is 1. The highest BCUT2D eigenvalue weighted by atomic mass is 35.5. The summed E-state index contributed by atoms with van der Waals surface area (Å²) >= 11 is 6.12. The van der Waals surface area contributed by atoms with Gasteiger partial charge in [-0.3, -0.25) is 9.59 Å². The summed E-state index contributed by atoms with van der Waals surface area (Å²) in [5, 5.41) is 10.6. The highest BCUT2D eigenvalue weighted by Gasteiger charge is 2.21. The first-order valence-electron chi connectivity index (χ1n) is 9.43. The second kappa shape index (κ2) is 9.56. The van der Waals surface area contributed by atoms with E-state index in [0.29, 0.717) is 22.0 Å². The van der Waals surface area contributed by atoms with E-state index in [1.54, 1.807) is 47.3 Å². The Morgan fingerprint density at radius 1 is 1.10 bits per heavy atom. The van der Waals surface area contributed by atoms with Crippen molar-refractivity contribution in [2.45, 2.75) is 19.8 Å².